The summed E-state index contributed by atoms with van der Waals surface area (Å²) in [5, 5.41) is 0. The molecule has 1 aliphatic rings. The molecule has 0 saturated carbocycles. The summed E-state index contributed by atoms with van der Waals surface area (Å²) in [6.45, 7) is 7.04. The van der Waals surface area contributed by atoms with Gasteiger partial charge < -0.3 is 4.90 Å². The highest BCUT2D eigenvalue weighted by Crippen LogP contribution is 2.10. The Morgan fingerprint density at radius 2 is 1.63 bits per heavy atom. The van der Waals surface area contributed by atoms with Gasteiger partial charge in [0.25, 0.3) is 5.91 Å². The molecule has 4 heteroatoms. The number of hydrogen-bond acceptors (Lipinski definition) is 3. The molecule has 2 rings (SSSR count). The highest BCUT2D eigenvalue weighted by Gasteiger charge is 2.22. The SMILES string of the molecule is CC(=O)CN1CCN(C(=O)c2ccc(C)cc2)CC1. The molecule has 0 aliphatic carbocycles. The number of rotatable bonds is 3. The van der Waals surface area contributed by atoms with Crippen molar-refractivity contribution in [1.29, 1.82) is 0 Å². The molecule has 0 N–H and O–H groups in total. The van der Waals surface area contributed by atoms with Gasteiger partial charge in [-0.15, -0.1) is 0 Å². The van der Waals surface area contributed by atoms with Gasteiger partial charge in [0.15, 0.2) is 0 Å². The second kappa shape index (κ2) is 5.97. The van der Waals surface area contributed by atoms with Crippen molar-refractivity contribution in [1.82, 2.24) is 9.80 Å². The monoisotopic (exact) mass is 260 g/mol. The molecule has 19 heavy (non-hydrogen) atoms. The van der Waals surface area contributed by atoms with Crippen molar-refractivity contribution in [2.24, 2.45) is 0 Å². The first kappa shape index (κ1) is 13.7. The third kappa shape index (κ3) is 3.64. The number of piperazine rings is 1. The van der Waals surface area contributed by atoms with Crippen LogP contribution in [0.15, 0.2) is 24.3 Å². The minimum absolute atomic E-state index is 0.0856. The van der Waals surface area contributed by atoms with Crippen LogP contribution in [0.4, 0.5) is 0 Å². The zero-order chi connectivity index (χ0) is 13.8. The van der Waals surface area contributed by atoms with Crippen molar-refractivity contribution in [3.63, 3.8) is 0 Å². The number of aryl methyl sites for hydroxylation is 1. The van der Waals surface area contributed by atoms with Crippen LogP contribution in [-0.4, -0.2) is 54.2 Å². The number of Topliss-reactive ketones (excluding diaryl/α,β-unsaturated/α-hetero) is 1. The van der Waals surface area contributed by atoms with E-state index >= 15 is 0 Å². The topological polar surface area (TPSA) is 40.6 Å². The Labute approximate surface area is 114 Å². The Kier molecular flexibility index (Phi) is 4.32. The molecule has 0 unspecified atom stereocenters. The smallest absolute Gasteiger partial charge is 0.253 e. The van der Waals surface area contributed by atoms with E-state index in [2.05, 4.69) is 4.90 Å². The second-order valence-electron chi connectivity index (χ2n) is 5.14. The molecule has 0 atom stereocenters. The molecular formula is C15H20N2O2. The first-order valence-corrected chi connectivity index (χ1v) is 6.64. The number of hydrogen-bond donors (Lipinski definition) is 0. The summed E-state index contributed by atoms with van der Waals surface area (Å²) in [6, 6.07) is 7.66. The lowest BCUT2D eigenvalue weighted by molar-refractivity contribution is -0.118. The lowest BCUT2D eigenvalue weighted by Gasteiger charge is -2.34. The van der Waals surface area contributed by atoms with Crippen LogP contribution in [0.3, 0.4) is 0 Å². The molecule has 1 saturated heterocycles. The van der Waals surface area contributed by atoms with Crippen LogP contribution >= 0.6 is 0 Å². The van der Waals surface area contributed by atoms with Crippen LogP contribution in [0.25, 0.3) is 0 Å². The summed E-state index contributed by atoms with van der Waals surface area (Å²) in [6.07, 6.45) is 0. The van der Waals surface area contributed by atoms with Crippen LogP contribution in [0.2, 0.25) is 0 Å². The fourth-order valence-electron chi connectivity index (χ4n) is 2.30. The molecule has 4 nitrogen and oxygen atoms in total. The number of carbonyl (C=O) groups excluding carboxylic acids is 2. The van der Waals surface area contributed by atoms with Gasteiger partial charge in [0.05, 0.1) is 6.54 Å². The predicted molar refractivity (Wildman–Crippen MR) is 74.2 cm³/mol. The maximum absolute atomic E-state index is 12.3. The molecule has 0 aromatic heterocycles. The number of nitrogens with zero attached hydrogens (tertiary/aromatic N) is 2. The summed E-state index contributed by atoms with van der Waals surface area (Å²) in [4.78, 5) is 27.3. The molecule has 1 aromatic carbocycles. The molecule has 0 bridgehead atoms. The fraction of sp³-hybridized carbons (Fsp3) is 0.467. The van der Waals surface area contributed by atoms with Crippen LogP contribution < -0.4 is 0 Å². The average molecular weight is 260 g/mol. The van der Waals surface area contributed by atoms with Gasteiger partial charge in [-0.25, -0.2) is 0 Å². The largest absolute Gasteiger partial charge is 0.336 e. The third-order valence-electron chi connectivity index (χ3n) is 3.40. The van der Waals surface area contributed by atoms with E-state index in [-0.39, 0.29) is 11.7 Å². The molecule has 1 heterocycles. The fourth-order valence-corrected chi connectivity index (χ4v) is 2.30. The van der Waals surface area contributed by atoms with Crippen LogP contribution in [-0.2, 0) is 4.79 Å². The first-order valence-electron chi connectivity index (χ1n) is 6.64. The Morgan fingerprint density at radius 1 is 1.05 bits per heavy atom. The molecule has 102 valence electrons. The lowest BCUT2D eigenvalue weighted by Crippen LogP contribution is -2.49. The normalized spacial score (nSPS) is 16.4. The summed E-state index contributed by atoms with van der Waals surface area (Å²) < 4.78 is 0. The third-order valence-corrected chi connectivity index (χ3v) is 3.40. The van der Waals surface area contributed by atoms with Crippen molar-refractivity contribution in [2.75, 3.05) is 32.7 Å². The zero-order valence-electron chi connectivity index (χ0n) is 11.6. The Hall–Kier alpha value is -1.68. The minimum Gasteiger partial charge on any atom is -0.336 e. The van der Waals surface area contributed by atoms with Gasteiger partial charge in [-0.3, -0.25) is 14.5 Å². The maximum Gasteiger partial charge on any atom is 0.253 e. The zero-order valence-corrected chi connectivity index (χ0v) is 11.6. The molecule has 1 amide bonds. The second-order valence-corrected chi connectivity index (χ2v) is 5.14. The summed E-state index contributed by atoms with van der Waals surface area (Å²) in [7, 11) is 0. The number of carbonyl (C=O) groups is 2. The maximum atomic E-state index is 12.3. The number of amides is 1. The van der Waals surface area contributed by atoms with E-state index in [9.17, 15) is 9.59 Å². The van der Waals surface area contributed by atoms with Gasteiger partial charge >= 0.3 is 0 Å². The van der Waals surface area contributed by atoms with Gasteiger partial charge in [-0.1, -0.05) is 17.7 Å². The van der Waals surface area contributed by atoms with E-state index in [0.29, 0.717) is 19.6 Å². The summed E-state index contributed by atoms with van der Waals surface area (Å²) >= 11 is 0. The average Bonchev–Trinajstić information content (AvgIpc) is 2.39. The highest BCUT2D eigenvalue weighted by molar-refractivity contribution is 5.94. The van der Waals surface area contributed by atoms with Gasteiger partial charge in [-0.05, 0) is 26.0 Å². The number of benzene rings is 1. The summed E-state index contributed by atoms with van der Waals surface area (Å²) in [5.74, 6) is 0.265. The quantitative estimate of drug-likeness (QED) is 0.823. The van der Waals surface area contributed by atoms with E-state index in [4.69, 9.17) is 0 Å². The van der Waals surface area contributed by atoms with Gasteiger partial charge in [-0.2, -0.15) is 0 Å². The Balaban J connectivity index is 1.92. The van der Waals surface area contributed by atoms with Gasteiger partial charge in [0.2, 0.25) is 0 Å². The van der Waals surface area contributed by atoms with Crippen LogP contribution in [0.1, 0.15) is 22.8 Å². The highest BCUT2D eigenvalue weighted by atomic mass is 16.2. The summed E-state index contributed by atoms with van der Waals surface area (Å²) in [5.41, 5.74) is 1.90. The predicted octanol–water partition coefficient (Wildman–Crippen LogP) is 1.34. The first-order chi connectivity index (χ1) is 9.06. The van der Waals surface area contributed by atoms with E-state index in [1.54, 1.807) is 6.92 Å². The Morgan fingerprint density at radius 3 is 2.16 bits per heavy atom. The molecule has 0 spiro atoms. The molecular weight excluding hydrogens is 240 g/mol. The van der Waals surface area contributed by atoms with E-state index in [1.807, 2.05) is 36.1 Å². The van der Waals surface area contributed by atoms with Crippen molar-refractivity contribution < 1.29 is 9.59 Å². The van der Waals surface area contributed by atoms with Crippen molar-refractivity contribution >= 4 is 11.7 Å². The van der Waals surface area contributed by atoms with Crippen molar-refractivity contribution in [2.45, 2.75) is 13.8 Å². The lowest BCUT2D eigenvalue weighted by atomic mass is 10.1. The van der Waals surface area contributed by atoms with Gasteiger partial charge in [0, 0.05) is 31.7 Å². The van der Waals surface area contributed by atoms with E-state index in [0.717, 1.165) is 24.2 Å². The van der Waals surface area contributed by atoms with Gasteiger partial charge in [0.1, 0.15) is 5.78 Å². The van der Waals surface area contributed by atoms with Crippen molar-refractivity contribution in [3.8, 4) is 0 Å². The van der Waals surface area contributed by atoms with Crippen molar-refractivity contribution in [3.05, 3.63) is 35.4 Å². The Bertz CT molecular complexity index is 460. The molecule has 1 aromatic rings. The van der Waals surface area contributed by atoms with E-state index in [1.165, 1.54) is 0 Å². The molecule has 1 fully saturated rings. The molecule has 0 radical (unpaired) electrons. The number of ketones is 1. The molecule has 1 aliphatic heterocycles. The minimum atomic E-state index is 0.0856. The van der Waals surface area contributed by atoms with E-state index < -0.39 is 0 Å². The van der Waals surface area contributed by atoms with Crippen LogP contribution in [0, 0.1) is 6.92 Å². The van der Waals surface area contributed by atoms with Crippen LogP contribution in [0.5, 0.6) is 0 Å². The standard InChI is InChI=1S/C15H20N2O2/c1-12-3-5-14(6-4-12)15(19)17-9-7-16(8-10-17)11-13(2)18/h3-6H,7-11H2,1-2H3.